The van der Waals surface area contributed by atoms with Crippen LogP contribution in [0.3, 0.4) is 0 Å². The molecule has 2 aliphatic rings. The van der Waals surface area contributed by atoms with Gasteiger partial charge in [-0.05, 0) is 29.8 Å². The third kappa shape index (κ3) is 4.88. The molecule has 3 heterocycles. The van der Waals surface area contributed by atoms with E-state index in [0.29, 0.717) is 36.7 Å². The predicted octanol–water partition coefficient (Wildman–Crippen LogP) is 4.64. The third-order valence-electron chi connectivity index (χ3n) is 7.83. The molecule has 2 fully saturated rings. The molecule has 0 radical (unpaired) electrons. The lowest BCUT2D eigenvalue weighted by Gasteiger charge is -2.38. The number of anilines is 1. The lowest BCUT2D eigenvalue weighted by Crippen LogP contribution is -2.51. The first-order chi connectivity index (χ1) is 18.9. The van der Waals surface area contributed by atoms with Crippen molar-refractivity contribution in [2.75, 3.05) is 44.2 Å². The van der Waals surface area contributed by atoms with Crippen molar-refractivity contribution >= 4 is 44.1 Å². The first kappa shape index (κ1) is 25.8. The highest BCUT2D eigenvalue weighted by atomic mass is 35.5. The molecular formula is C30H29ClN4O3S. The van der Waals surface area contributed by atoms with Gasteiger partial charge in [-0.3, -0.25) is 9.78 Å². The van der Waals surface area contributed by atoms with Gasteiger partial charge in [-0.2, -0.15) is 4.31 Å². The van der Waals surface area contributed by atoms with Gasteiger partial charge in [0, 0.05) is 56.8 Å². The number of sulfonamides is 1. The SMILES string of the molecule is O=C(C1CN(S(=O)(=O)c2cccc3cccnc23)CC1c1ccccc1)N1CCN(c2ccccc2Cl)CC1. The van der Waals surface area contributed by atoms with Crippen molar-refractivity contribution in [1.82, 2.24) is 14.2 Å². The first-order valence-electron chi connectivity index (χ1n) is 13.1. The van der Waals surface area contributed by atoms with Crippen LogP contribution >= 0.6 is 11.6 Å². The van der Waals surface area contributed by atoms with Crippen LogP contribution in [-0.2, 0) is 14.8 Å². The number of nitrogens with zero attached hydrogens (tertiary/aromatic N) is 4. The molecule has 6 rings (SSSR count). The summed E-state index contributed by atoms with van der Waals surface area (Å²) in [5.74, 6) is -0.716. The standard InChI is InChI=1S/C30H29ClN4O3S/c31-26-12-4-5-13-27(26)33-16-18-34(19-17-33)30(36)25-21-35(20-24(25)22-8-2-1-3-9-22)39(37,38)28-14-6-10-23-11-7-15-32-29(23)28/h1-15,24-25H,16-21H2. The fourth-order valence-electron chi connectivity index (χ4n) is 5.79. The molecule has 2 unspecified atom stereocenters. The number of piperazine rings is 1. The lowest BCUT2D eigenvalue weighted by atomic mass is 9.88. The van der Waals surface area contributed by atoms with Gasteiger partial charge < -0.3 is 9.80 Å². The van der Waals surface area contributed by atoms with Gasteiger partial charge in [0.15, 0.2) is 0 Å². The van der Waals surface area contributed by atoms with Crippen molar-refractivity contribution in [2.24, 2.45) is 5.92 Å². The Hall–Kier alpha value is -3.46. The molecule has 2 aliphatic heterocycles. The molecule has 39 heavy (non-hydrogen) atoms. The van der Waals surface area contributed by atoms with Crippen molar-refractivity contribution in [3.8, 4) is 0 Å². The van der Waals surface area contributed by atoms with Gasteiger partial charge >= 0.3 is 0 Å². The summed E-state index contributed by atoms with van der Waals surface area (Å²) in [4.78, 5) is 22.6. The number of amides is 1. The number of carbonyl (C=O) groups excluding carboxylic acids is 1. The Morgan fingerprint density at radius 1 is 0.821 bits per heavy atom. The number of fused-ring (bicyclic) bond motifs is 1. The average Bonchev–Trinajstić information content (AvgIpc) is 3.44. The van der Waals surface area contributed by atoms with Crippen LogP contribution in [0.1, 0.15) is 11.5 Å². The van der Waals surface area contributed by atoms with E-state index in [1.165, 1.54) is 4.31 Å². The predicted molar refractivity (Wildman–Crippen MR) is 153 cm³/mol. The molecule has 0 bridgehead atoms. The Labute approximate surface area is 233 Å². The van der Waals surface area contributed by atoms with Crippen LogP contribution in [0.15, 0.2) is 96.0 Å². The molecule has 0 spiro atoms. The molecule has 200 valence electrons. The Morgan fingerprint density at radius 2 is 1.54 bits per heavy atom. The Balaban J connectivity index is 1.27. The zero-order chi connectivity index (χ0) is 27.0. The fraction of sp³-hybridized carbons (Fsp3) is 0.267. The van der Waals surface area contributed by atoms with Crippen molar-refractivity contribution in [3.63, 3.8) is 0 Å². The van der Waals surface area contributed by atoms with E-state index >= 15 is 0 Å². The van der Waals surface area contributed by atoms with Crippen LogP contribution in [0.2, 0.25) is 5.02 Å². The van der Waals surface area contributed by atoms with Gasteiger partial charge in [-0.15, -0.1) is 0 Å². The quantitative estimate of drug-likeness (QED) is 0.355. The van der Waals surface area contributed by atoms with E-state index in [9.17, 15) is 13.2 Å². The summed E-state index contributed by atoms with van der Waals surface area (Å²) in [6.07, 6.45) is 1.60. The fourth-order valence-corrected chi connectivity index (χ4v) is 7.70. The summed E-state index contributed by atoms with van der Waals surface area (Å²) in [6.45, 7) is 2.83. The third-order valence-corrected chi connectivity index (χ3v) is 10.0. The van der Waals surface area contributed by atoms with E-state index in [2.05, 4.69) is 9.88 Å². The summed E-state index contributed by atoms with van der Waals surface area (Å²) in [5, 5.41) is 1.46. The summed E-state index contributed by atoms with van der Waals surface area (Å²) < 4.78 is 29.4. The summed E-state index contributed by atoms with van der Waals surface area (Å²) in [6, 6.07) is 26.3. The molecule has 3 aromatic carbocycles. The maximum absolute atomic E-state index is 14.0. The highest BCUT2D eigenvalue weighted by molar-refractivity contribution is 7.89. The minimum Gasteiger partial charge on any atom is -0.367 e. The van der Waals surface area contributed by atoms with E-state index < -0.39 is 15.9 Å². The second kappa shape index (κ2) is 10.6. The number of aromatic nitrogens is 1. The van der Waals surface area contributed by atoms with Gasteiger partial charge in [-0.25, -0.2) is 8.42 Å². The van der Waals surface area contributed by atoms with Gasteiger partial charge in [0.05, 0.1) is 22.1 Å². The number of rotatable bonds is 5. The maximum atomic E-state index is 14.0. The zero-order valence-electron chi connectivity index (χ0n) is 21.4. The topological polar surface area (TPSA) is 73.8 Å². The summed E-state index contributed by atoms with van der Waals surface area (Å²) in [5.41, 5.74) is 2.39. The number of hydrogen-bond acceptors (Lipinski definition) is 5. The monoisotopic (exact) mass is 560 g/mol. The van der Waals surface area contributed by atoms with Crippen molar-refractivity contribution < 1.29 is 13.2 Å². The van der Waals surface area contributed by atoms with Gasteiger partial charge in [0.2, 0.25) is 15.9 Å². The van der Waals surface area contributed by atoms with Crippen molar-refractivity contribution in [3.05, 3.63) is 102 Å². The van der Waals surface area contributed by atoms with Gasteiger partial charge in [0.1, 0.15) is 4.90 Å². The van der Waals surface area contributed by atoms with Crippen molar-refractivity contribution in [2.45, 2.75) is 10.8 Å². The van der Waals surface area contributed by atoms with Crippen LogP contribution in [0, 0.1) is 5.92 Å². The number of hydrogen-bond donors (Lipinski definition) is 0. The van der Waals surface area contributed by atoms with Crippen LogP contribution in [0.25, 0.3) is 10.9 Å². The highest BCUT2D eigenvalue weighted by Crippen LogP contribution is 2.38. The largest absolute Gasteiger partial charge is 0.367 e. The van der Waals surface area contributed by atoms with Crippen LogP contribution < -0.4 is 4.90 Å². The molecule has 4 aromatic rings. The Kier molecular flexibility index (Phi) is 7.01. The number of benzene rings is 3. The van der Waals surface area contributed by atoms with Crippen LogP contribution in [0.4, 0.5) is 5.69 Å². The Morgan fingerprint density at radius 3 is 2.31 bits per heavy atom. The molecule has 2 saturated heterocycles. The lowest BCUT2D eigenvalue weighted by molar-refractivity contribution is -0.135. The molecule has 1 amide bonds. The van der Waals surface area contributed by atoms with Crippen molar-refractivity contribution in [1.29, 1.82) is 0 Å². The summed E-state index contributed by atoms with van der Waals surface area (Å²) >= 11 is 6.40. The summed E-state index contributed by atoms with van der Waals surface area (Å²) in [7, 11) is -3.88. The smallest absolute Gasteiger partial charge is 0.245 e. The molecule has 0 aliphatic carbocycles. The van der Waals surface area contributed by atoms with Gasteiger partial charge in [-0.1, -0.05) is 72.3 Å². The van der Waals surface area contributed by atoms with E-state index in [0.717, 1.165) is 16.6 Å². The minimum atomic E-state index is -3.88. The van der Waals surface area contributed by atoms with E-state index in [-0.39, 0.29) is 29.8 Å². The van der Waals surface area contributed by atoms with Gasteiger partial charge in [0.25, 0.3) is 0 Å². The van der Waals surface area contributed by atoms with E-state index in [4.69, 9.17) is 11.6 Å². The zero-order valence-corrected chi connectivity index (χ0v) is 22.9. The minimum absolute atomic E-state index is 0.00333. The number of pyridine rings is 1. The Bertz CT molecular complexity index is 1600. The maximum Gasteiger partial charge on any atom is 0.245 e. The number of halogens is 1. The van der Waals surface area contributed by atoms with E-state index in [1.54, 1.807) is 24.4 Å². The second-order valence-corrected chi connectivity index (χ2v) is 12.4. The number of para-hydroxylation sites is 2. The first-order valence-corrected chi connectivity index (χ1v) is 14.9. The molecule has 0 N–H and O–H groups in total. The molecule has 9 heteroatoms. The second-order valence-electron chi connectivity index (χ2n) is 10.0. The molecular weight excluding hydrogens is 532 g/mol. The molecule has 2 atom stereocenters. The van der Waals surface area contributed by atoms with Crippen LogP contribution in [-0.4, -0.2) is 67.8 Å². The molecule has 0 saturated carbocycles. The number of carbonyl (C=O) groups is 1. The van der Waals surface area contributed by atoms with Crippen LogP contribution in [0.5, 0.6) is 0 Å². The normalized spacial score (nSPS) is 20.4. The molecule has 1 aromatic heterocycles. The molecule has 7 nitrogen and oxygen atoms in total. The average molecular weight is 561 g/mol. The highest BCUT2D eigenvalue weighted by Gasteiger charge is 2.45. The van der Waals surface area contributed by atoms with E-state index in [1.807, 2.05) is 71.6 Å².